The van der Waals surface area contributed by atoms with Crippen molar-refractivity contribution in [3.8, 4) is 0 Å². The van der Waals surface area contributed by atoms with Crippen LogP contribution in [0.1, 0.15) is 0 Å². The molecule has 3 heterocycles. The van der Waals surface area contributed by atoms with Crippen molar-refractivity contribution in [1.29, 1.82) is 0 Å². The summed E-state index contributed by atoms with van der Waals surface area (Å²) in [5, 5.41) is 0.500. The van der Waals surface area contributed by atoms with Gasteiger partial charge in [-0.2, -0.15) is 0 Å². The van der Waals surface area contributed by atoms with Gasteiger partial charge in [0.15, 0.2) is 5.15 Å². The molecule has 0 aromatic carbocycles. The van der Waals surface area contributed by atoms with Crippen LogP contribution in [0.3, 0.4) is 0 Å². The first-order chi connectivity index (χ1) is 8.25. The molecule has 0 bridgehead atoms. The lowest BCUT2D eigenvalue weighted by Gasteiger charge is -2.32. The Balaban J connectivity index is 1.98. The zero-order chi connectivity index (χ0) is 11.8. The third-order valence-corrected chi connectivity index (χ3v) is 3.47. The topological polar surface area (TPSA) is 36.7 Å². The lowest BCUT2D eigenvalue weighted by molar-refractivity contribution is 0.311. The molecule has 0 radical (unpaired) electrons. The number of aromatic nitrogens is 3. The normalized spacial score (nSPS) is 17.9. The van der Waals surface area contributed by atoms with Crippen molar-refractivity contribution in [1.82, 2.24) is 19.3 Å². The molecule has 90 valence electrons. The van der Waals surface area contributed by atoms with Crippen molar-refractivity contribution < 1.29 is 0 Å². The van der Waals surface area contributed by atoms with Crippen LogP contribution in [-0.2, 0) is 0 Å². The maximum absolute atomic E-state index is 6.03. The van der Waals surface area contributed by atoms with E-state index >= 15 is 0 Å². The van der Waals surface area contributed by atoms with Gasteiger partial charge in [0.2, 0.25) is 5.95 Å². The van der Waals surface area contributed by atoms with E-state index in [1.54, 1.807) is 12.4 Å². The van der Waals surface area contributed by atoms with Crippen molar-refractivity contribution >= 4 is 23.1 Å². The summed E-state index contributed by atoms with van der Waals surface area (Å²) in [5.41, 5.74) is 0.864. The molecule has 6 heteroatoms. The summed E-state index contributed by atoms with van der Waals surface area (Å²) < 4.78 is 2.00. The van der Waals surface area contributed by atoms with Gasteiger partial charge in [-0.25, -0.2) is 9.97 Å². The van der Waals surface area contributed by atoms with Gasteiger partial charge in [-0.15, -0.1) is 0 Å². The average Bonchev–Trinajstić information content (AvgIpc) is 2.75. The molecule has 0 amide bonds. The second kappa shape index (κ2) is 4.16. The van der Waals surface area contributed by atoms with Crippen LogP contribution < -0.4 is 4.90 Å². The van der Waals surface area contributed by atoms with Gasteiger partial charge in [-0.1, -0.05) is 11.6 Å². The van der Waals surface area contributed by atoms with Gasteiger partial charge in [0.1, 0.15) is 5.52 Å². The molecular formula is C11H14ClN5. The number of imidazole rings is 1. The second-order valence-electron chi connectivity index (χ2n) is 4.32. The molecule has 3 rings (SSSR count). The monoisotopic (exact) mass is 251 g/mol. The molecular weight excluding hydrogens is 238 g/mol. The van der Waals surface area contributed by atoms with E-state index in [0.717, 1.165) is 37.6 Å². The fourth-order valence-electron chi connectivity index (χ4n) is 2.12. The van der Waals surface area contributed by atoms with Gasteiger partial charge >= 0.3 is 0 Å². The van der Waals surface area contributed by atoms with Crippen LogP contribution in [0.15, 0.2) is 18.6 Å². The van der Waals surface area contributed by atoms with Crippen LogP contribution in [0.5, 0.6) is 0 Å². The summed E-state index contributed by atoms with van der Waals surface area (Å²) in [6, 6.07) is 0. The molecule has 0 aliphatic carbocycles. The van der Waals surface area contributed by atoms with Crippen molar-refractivity contribution in [3.05, 3.63) is 23.7 Å². The van der Waals surface area contributed by atoms with Crippen LogP contribution in [0, 0.1) is 0 Å². The Hall–Kier alpha value is -1.33. The number of likely N-dealkylation sites (N-methyl/N-ethyl adjacent to an activating group) is 1. The first-order valence-electron chi connectivity index (χ1n) is 5.67. The molecule has 2 aromatic heterocycles. The van der Waals surface area contributed by atoms with Gasteiger partial charge in [-0.05, 0) is 7.05 Å². The number of rotatable bonds is 1. The van der Waals surface area contributed by atoms with E-state index in [1.165, 1.54) is 0 Å². The highest BCUT2D eigenvalue weighted by molar-refractivity contribution is 6.32. The molecule has 1 saturated heterocycles. The van der Waals surface area contributed by atoms with Crippen molar-refractivity contribution in [2.75, 3.05) is 38.1 Å². The number of hydrogen-bond donors (Lipinski definition) is 0. The van der Waals surface area contributed by atoms with Crippen molar-refractivity contribution in [3.63, 3.8) is 0 Å². The van der Waals surface area contributed by atoms with E-state index in [4.69, 9.17) is 11.6 Å². The molecule has 0 atom stereocenters. The fourth-order valence-corrected chi connectivity index (χ4v) is 2.32. The van der Waals surface area contributed by atoms with Gasteiger partial charge in [0.25, 0.3) is 0 Å². The van der Waals surface area contributed by atoms with Crippen LogP contribution >= 0.6 is 11.6 Å². The molecule has 5 nitrogen and oxygen atoms in total. The second-order valence-corrected chi connectivity index (χ2v) is 4.68. The SMILES string of the molecule is CN1CCN(c2ncc3c(Cl)nccn23)CC1. The number of piperazine rings is 1. The molecule has 0 N–H and O–H groups in total. The van der Waals surface area contributed by atoms with Crippen LogP contribution in [0.4, 0.5) is 5.95 Å². The Bertz CT molecular complexity index is 530. The molecule has 1 aliphatic rings. The number of anilines is 1. The van der Waals surface area contributed by atoms with Gasteiger partial charge in [0, 0.05) is 38.6 Å². The summed E-state index contributed by atoms with van der Waals surface area (Å²) in [6.45, 7) is 4.12. The summed E-state index contributed by atoms with van der Waals surface area (Å²) in [4.78, 5) is 13.1. The third-order valence-electron chi connectivity index (χ3n) is 3.18. The number of fused-ring (bicyclic) bond motifs is 1. The molecule has 0 unspecified atom stereocenters. The largest absolute Gasteiger partial charge is 0.339 e. The first kappa shape index (κ1) is 10.8. The molecule has 17 heavy (non-hydrogen) atoms. The highest BCUT2D eigenvalue weighted by Gasteiger charge is 2.18. The standard InChI is InChI=1S/C11H14ClN5/c1-15-4-6-16(7-5-15)11-14-8-9-10(12)13-2-3-17(9)11/h2-3,8H,4-7H2,1H3. The Labute approximate surface area is 105 Å². The number of halogens is 1. The van der Waals surface area contributed by atoms with Crippen LogP contribution in [-0.4, -0.2) is 52.5 Å². The van der Waals surface area contributed by atoms with Gasteiger partial charge in [-0.3, -0.25) is 4.40 Å². The summed E-state index contributed by atoms with van der Waals surface area (Å²) >= 11 is 6.03. The van der Waals surface area contributed by atoms with Crippen LogP contribution in [0.2, 0.25) is 5.15 Å². The smallest absolute Gasteiger partial charge is 0.210 e. The van der Waals surface area contributed by atoms with Crippen LogP contribution in [0.25, 0.3) is 5.52 Å². The van der Waals surface area contributed by atoms with E-state index < -0.39 is 0 Å². The van der Waals surface area contributed by atoms with E-state index in [2.05, 4.69) is 26.8 Å². The Morgan fingerprint density at radius 1 is 1.18 bits per heavy atom. The Morgan fingerprint density at radius 3 is 2.71 bits per heavy atom. The zero-order valence-corrected chi connectivity index (χ0v) is 10.4. The number of nitrogens with zero attached hydrogens (tertiary/aromatic N) is 5. The zero-order valence-electron chi connectivity index (χ0n) is 9.67. The van der Waals surface area contributed by atoms with E-state index in [9.17, 15) is 0 Å². The lowest BCUT2D eigenvalue weighted by Crippen LogP contribution is -2.45. The molecule has 0 saturated carbocycles. The minimum Gasteiger partial charge on any atom is -0.339 e. The van der Waals surface area contributed by atoms with Gasteiger partial charge in [0.05, 0.1) is 6.20 Å². The average molecular weight is 252 g/mol. The Morgan fingerprint density at radius 2 is 1.94 bits per heavy atom. The van der Waals surface area contributed by atoms with Gasteiger partial charge < -0.3 is 9.80 Å². The molecule has 0 spiro atoms. The quantitative estimate of drug-likeness (QED) is 0.762. The summed E-state index contributed by atoms with van der Waals surface area (Å²) in [6.07, 6.45) is 5.39. The summed E-state index contributed by atoms with van der Waals surface area (Å²) in [7, 11) is 2.14. The lowest BCUT2D eigenvalue weighted by atomic mass is 10.3. The van der Waals surface area contributed by atoms with Crippen molar-refractivity contribution in [2.24, 2.45) is 0 Å². The van der Waals surface area contributed by atoms with E-state index in [-0.39, 0.29) is 0 Å². The third kappa shape index (κ3) is 1.85. The highest BCUT2D eigenvalue weighted by Crippen LogP contribution is 2.21. The predicted octanol–water partition coefficient (Wildman–Crippen LogP) is 1.13. The number of hydrogen-bond acceptors (Lipinski definition) is 4. The predicted molar refractivity (Wildman–Crippen MR) is 67.7 cm³/mol. The summed E-state index contributed by atoms with van der Waals surface area (Å²) in [5.74, 6) is 0.956. The Kier molecular flexibility index (Phi) is 2.64. The maximum Gasteiger partial charge on any atom is 0.210 e. The highest BCUT2D eigenvalue weighted by atomic mass is 35.5. The minimum atomic E-state index is 0.500. The van der Waals surface area contributed by atoms with E-state index in [0.29, 0.717) is 5.15 Å². The maximum atomic E-state index is 6.03. The first-order valence-corrected chi connectivity index (χ1v) is 6.04. The molecule has 1 fully saturated rings. The van der Waals surface area contributed by atoms with E-state index in [1.807, 2.05) is 10.6 Å². The fraction of sp³-hybridized carbons (Fsp3) is 0.455. The molecule has 2 aromatic rings. The van der Waals surface area contributed by atoms with Crippen molar-refractivity contribution in [2.45, 2.75) is 0 Å². The minimum absolute atomic E-state index is 0.500. The molecule has 1 aliphatic heterocycles.